The Balaban J connectivity index is 1.55. The predicted molar refractivity (Wildman–Crippen MR) is 98.8 cm³/mol. The molecule has 28 heavy (non-hydrogen) atoms. The molecule has 0 spiro atoms. The van der Waals surface area contributed by atoms with Crippen LogP contribution in [-0.4, -0.2) is 27.9 Å². The van der Waals surface area contributed by atoms with Crippen LogP contribution in [0, 0.1) is 6.92 Å². The summed E-state index contributed by atoms with van der Waals surface area (Å²) in [5.41, 5.74) is 0.633. The molecule has 1 aromatic heterocycles. The van der Waals surface area contributed by atoms with Crippen LogP contribution in [0.4, 0.5) is 4.79 Å². The SMILES string of the molecule is CCC1(c2ccc(OC(=O)c3cnc(C)nc3C3CC3)cc2)NC(=O)NC1=O. The number of hydrogen-bond acceptors (Lipinski definition) is 6. The average Bonchev–Trinajstić information content (AvgIpc) is 3.47. The lowest BCUT2D eigenvalue weighted by molar-refractivity contribution is -0.124. The van der Waals surface area contributed by atoms with E-state index in [1.54, 1.807) is 31.2 Å². The Bertz CT molecular complexity index is 969. The second-order valence-electron chi connectivity index (χ2n) is 7.07. The molecule has 2 N–H and O–H groups in total. The van der Waals surface area contributed by atoms with Gasteiger partial charge in [-0.1, -0.05) is 19.1 Å². The van der Waals surface area contributed by atoms with E-state index < -0.39 is 23.4 Å². The number of benzene rings is 1. The number of esters is 1. The summed E-state index contributed by atoms with van der Waals surface area (Å²) in [5.74, 6) is 0.361. The lowest BCUT2D eigenvalue weighted by Gasteiger charge is -2.24. The van der Waals surface area contributed by atoms with E-state index in [4.69, 9.17) is 4.74 Å². The van der Waals surface area contributed by atoms with Gasteiger partial charge in [-0.25, -0.2) is 19.6 Å². The van der Waals surface area contributed by atoms with Gasteiger partial charge in [0, 0.05) is 12.1 Å². The van der Waals surface area contributed by atoms with E-state index in [0.717, 1.165) is 18.5 Å². The first-order valence-electron chi connectivity index (χ1n) is 9.23. The number of hydrogen-bond donors (Lipinski definition) is 2. The Morgan fingerprint density at radius 3 is 2.54 bits per heavy atom. The van der Waals surface area contributed by atoms with Gasteiger partial charge in [-0.2, -0.15) is 0 Å². The second kappa shape index (κ2) is 6.70. The van der Waals surface area contributed by atoms with Gasteiger partial charge in [-0.15, -0.1) is 0 Å². The minimum atomic E-state index is -1.11. The monoisotopic (exact) mass is 380 g/mol. The number of rotatable bonds is 5. The Morgan fingerprint density at radius 2 is 1.96 bits per heavy atom. The highest BCUT2D eigenvalue weighted by molar-refractivity contribution is 6.07. The maximum atomic E-state index is 12.6. The molecule has 1 saturated heterocycles. The van der Waals surface area contributed by atoms with Crippen molar-refractivity contribution in [1.29, 1.82) is 0 Å². The highest BCUT2D eigenvalue weighted by atomic mass is 16.5. The quantitative estimate of drug-likeness (QED) is 0.468. The molecular formula is C20H20N4O4. The Labute approximate surface area is 161 Å². The minimum absolute atomic E-state index is 0.292. The molecule has 1 aromatic carbocycles. The van der Waals surface area contributed by atoms with Crippen molar-refractivity contribution in [3.05, 3.63) is 53.1 Å². The molecule has 1 atom stereocenters. The standard InChI is InChI=1S/C20H20N4O4/c1-3-20(18(26)23-19(27)24-20)13-6-8-14(9-7-13)28-17(25)15-10-21-11(2)22-16(15)12-4-5-12/h6-10,12H,3-5H2,1-2H3,(H2,23,24,26,27). The topological polar surface area (TPSA) is 110 Å². The predicted octanol–water partition coefficient (Wildman–Crippen LogP) is 2.33. The number of aromatic nitrogens is 2. The summed E-state index contributed by atoms with van der Waals surface area (Å²) in [6.07, 6.45) is 3.93. The van der Waals surface area contributed by atoms with Crippen LogP contribution in [0.25, 0.3) is 0 Å². The summed E-state index contributed by atoms with van der Waals surface area (Å²) in [4.78, 5) is 44.9. The third kappa shape index (κ3) is 3.11. The van der Waals surface area contributed by atoms with Crippen molar-refractivity contribution in [3.63, 3.8) is 0 Å². The number of carbonyl (C=O) groups is 3. The van der Waals surface area contributed by atoms with E-state index in [1.807, 2.05) is 6.92 Å². The Morgan fingerprint density at radius 1 is 1.25 bits per heavy atom. The zero-order valence-electron chi connectivity index (χ0n) is 15.6. The Hall–Kier alpha value is -3.29. The highest BCUT2D eigenvalue weighted by Gasteiger charge is 2.46. The van der Waals surface area contributed by atoms with Crippen molar-refractivity contribution in [2.75, 3.05) is 0 Å². The van der Waals surface area contributed by atoms with Gasteiger partial charge in [0.25, 0.3) is 5.91 Å². The molecule has 0 bridgehead atoms. The van der Waals surface area contributed by atoms with E-state index in [9.17, 15) is 14.4 Å². The summed E-state index contributed by atoms with van der Waals surface area (Å²) < 4.78 is 5.48. The van der Waals surface area contributed by atoms with Crippen molar-refractivity contribution in [3.8, 4) is 5.75 Å². The number of carbonyl (C=O) groups excluding carboxylic acids is 3. The van der Waals surface area contributed by atoms with Crippen LogP contribution in [-0.2, 0) is 10.3 Å². The number of urea groups is 1. The second-order valence-corrected chi connectivity index (χ2v) is 7.07. The fourth-order valence-corrected chi connectivity index (χ4v) is 3.43. The lowest BCUT2D eigenvalue weighted by Crippen LogP contribution is -2.43. The summed E-state index contributed by atoms with van der Waals surface area (Å²) in [6, 6.07) is 6.03. The van der Waals surface area contributed by atoms with E-state index in [2.05, 4.69) is 20.6 Å². The maximum Gasteiger partial charge on any atom is 0.346 e. The van der Waals surface area contributed by atoms with Crippen molar-refractivity contribution in [2.24, 2.45) is 0 Å². The van der Waals surface area contributed by atoms with E-state index >= 15 is 0 Å². The first-order valence-corrected chi connectivity index (χ1v) is 9.23. The van der Waals surface area contributed by atoms with Gasteiger partial charge in [0.1, 0.15) is 22.7 Å². The smallest absolute Gasteiger partial charge is 0.346 e. The lowest BCUT2D eigenvalue weighted by atomic mass is 9.87. The first-order chi connectivity index (χ1) is 13.4. The van der Waals surface area contributed by atoms with Crippen LogP contribution >= 0.6 is 0 Å². The Kier molecular flexibility index (Phi) is 4.33. The molecule has 1 aliphatic carbocycles. The summed E-state index contributed by atoms with van der Waals surface area (Å²) in [5, 5.41) is 4.94. The van der Waals surface area contributed by atoms with E-state index in [1.165, 1.54) is 6.20 Å². The molecule has 4 rings (SSSR count). The molecular weight excluding hydrogens is 360 g/mol. The van der Waals surface area contributed by atoms with E-state index in [0.29, 0.717) is 35.0 Å². The molecule has 8 heteroatoms. The summed E-state index contributed by atoms with van der Waals surface area (Å²) in [6.45, 7) is 3.61. The van der Waals surface area contributed by atoms with Gasteiger partial charge in [0.05, 0.1) is 5.69 Å². The summed E-state index contributed by atoms with van der Waals surface area (Å²) in [7, 11) is 0. The molecule has 1 unspecified atom stereocenters. The van der Waals surface area contributed by atoms with Gasteiger partial charge < -0.3 is 10.1 Å². The number of nitrogens with zero attached hydrogens (tertiary/aromatic N) is 2. The molecule has 2 heterocycles. The molecule has 1 aliphatic heterocycles. The third-order valence-corrected chi connectivity index (χ3v) is 5.15. The van der Waals surface area contributed by atoms with Crippen LogP contribution in [0.1, 0.15) is 59.5 Å². The number of nitrogens with one attached hydrogen (secondary N) is 2. The fourth-order valence-electron chi connectivity index (χ4n) is 3.43. The van der Waals surface area contributed by atoms with Crippen LogP contribution in [0.5, 0.6) is 5.75 Å². The average molecular weight is 380 g/mol. The highest BCUT2D eigenvalue weighted by Crippen LogP contribution is 2.40. The van der Waals surface area contributed by atoms with Gasteiger partial charge in [-0.05, 0) is 43.9 Å². The molecule has 144 valence electrons. The van der Waals surface area contributed by atoms with Gasteiger partial charge in [-0.3, -0.25) is 10.1 Å². The molecule has 3 amide bonds. The van der Waals surface area contributed by atoms with Crippen LogP contribution in [0.3, 0.4) is 0 Å². The van der Waals surface area contributed by atoms with Gasteiger partial charge in [0.15, 0.2) is 0 Å². The fraction of sp³-hybridized carbons (Fsp3) is 0.350. The molecule has 0 radical (unpaired) electrons. The number of imide groups is 1. The zero-order valence-corrected chi connectivity index (χ0v) is 15.6. The van der Waals surface area contributed by atoms with Crippen LogP contribution in [0.15, 0.2) is 30.5 Å². The number of amides is 3. The molecule has 2 fully saturated rings. The molecule has 1 saturated carbocycles. The van der Waals surface area contributed by atoms with Gasteiger partial charge in [0.2, 0.25) is 0 Å². The van der Waals surface area contributed by atoms with Crippen molar-refractivity contribution in [2.45, 2.75) is 44.6 Å². The third-order valence-electron chi connectivity index (χ3n) is 5.15. The van der Waals surface area contributed by atoms with Crippen LogP contribution < -0.4 is 15.4 Å². The van der Waals surface area contributed by atoms with Crippen LogP contribution in [0.2, 0.25) is 0 Å². The molecule has 8 nitrogen and oxygen atoms in total. The van der Waals surface area contributed by atoms with Gasteiger partial charge >= 0.3 is 12.0 Å². The van der Waals surface area contributed by atoms with E-state index in [-0.39, 0.29) is 0 Å². The zero-order chi connectivity index (χ0) is 19.9. The van der Waals surface area contributed by atoms with Crippen molar-refractivity contribution in [1.82, 2.24) is 20.6 Å². The molecule has 2 aromatic rings. The molecule has 2 aliphatic rings. The normalized spacial score (nSPS) is 21.2. The minimum Gasteiger partial charge on any atom is -0.423 e. The van der Waals surface area contributed by atoms with Crippen molar-refractivity contribution >= 4 is 17.9 Å². The first kappa shape index (κ1) is 18.1. The summed E-state index contributed by atoms with van der Waals surface area (Å²) >= 11 is 0. The number of aryl methyl sites for hydroxylation is 1. The largest absolute Gasteiger partial charge is 0.423 e. The number of ether oxygens (including phenoxy) is 1. The van der Waals surface area contributed by atoms with Crippen molar-refractivity contribution < 1.29 is 19.1 Å². The maximum absolute atomic E-state index is 12.6.